The summed E-state index contributed by atoms with van der Waals surface area (Å²) in [5.41, 5.74) is -1.04. The van der Waals surface area contributed by atoms with Gasteiger partial charge in [0.2, 0.25) is 0 Å². The van der Waals surface area contributed by atoms with Crippen LogP contribution in [-0.4, -0.2) is 50.7 Å². The van der Waals surface area contributed by atoms with Crippen LogP contribution in [-0.2, 0) is 9.47 Å². The summed E-state index contributed by atoms with van der Waals surface area (Å²) in [5, 5.41) is 20.2. The minimum atomic E-state index is -1.43. The zero-order valence-corrected chi connectivity index (χ0v) is 12.9. The number of aromatic nitrogens is 2. The molecule has 2 unspecified atom stereocenters. The lowest BCUT2D eigenvalue weighted by atomic mass is 10.1. The van der Waals surface area contributed by atoms with Gasteiger partial charge in [0.1, 0.15) is 24.9 Å². The highest BCUT2D eigenvalue weighted by atomic mass is 16.6. The third kappa shape index (κ3) is 3.53. The maximum absolute atomic E-state index is 11.9. The second-order valence-electron chi connectivity index (χ2n) is 5.53. The van der Waals surface area contributed by atoms with Crippen molar-refractivity contribution in [3.63, 3.8) is 0 Å². The second-order valence-corrected chi connectivity index (χ2v) is 5.53. The van der Waals surface area contributed by atoms with Gasteiger partial charge in [-0.05, 0) is 12.1 Å². The van der Waals surface area contributed by atoms with Crippen molar-refractivity contribution in [2.45, 2.75) is 24.5 Å². The predicted molar refractivity (Wildman–Crippen MR) is 84.0 cm³/mol. The first-order chi connectivity index (χ1) is 12.0. The Kier molecular flexibility index (Phi) is 4.79. The van der Waals surface area contributed by atoms with Crippen LogP contribution in [0, 0.1) is 0 Å². The number of benzene rings is 1. The Labute approximate surface area is 141 Å². The van der Waals surface area contributed by atoms with Crippen LogP contribution in [0.1, 0.15) is 16.6 Å². The number of esters is 1. The van der Waals surface area contributed by atoms with Gasteiger partial charge >= 0.3 is 11.7 Å². The van der Waals surface area contributed by atoms with Gasteiger partial charge in [-0.1, -0.05) is 18.2 Å². The number of nitrogens with one attached hydrogen (secondary N) is 1. The van der Waals surface area contributed by atoms with Crippen LogP contribution in [0.4, 0.5) is 0 Å². The molecule has 1 aromatic carbocycles. The van der Waals surface area contributed by atoms with Crippen molar-refractivity contribution >= 4 is 5.97 Å². The molecule has 132 valence electrons. The van der Waals surface area contributed by atoms with Gasteiger partial charge in [0.15, 0.2) is 6.23 Å². The standard InChI is InChI=1S/C16H16N2O7/c19-11-6-7-18(16(23)17-11)14-13(21)12(20)10(25-14)8-24-15(22)9-4-2-1-3-5-9/h1-7,10,12-14,20-21H,8H2,(H,17,19,23)/t10-,12?,13?,14-/m0/s1. The molecule has 0 radical (unpaired) electrons. The number of H-pyrrole nitrogens is 1. The minimum absolute atomic E-state index is 0.305. The Balaban J connectivity index is 1.69. The van der Waals surface area contributed by atoms with E-state index in [1.54, 1.807) is 30.3 Å². The molecule has 3 N–H and O–H groups in total. The zero-order valence-electron chi connectivity index (χ0n) is 12.9. The number of nitrogens with zero attached hydrogens (tertiary/aromatic N) is 1. The monoisotopic (exact) mass is 348 g/mol. The molecule has 9 heteroatoms. The van der Waals surface area contributed by atoms with E-state index in [0.29, 0.717) is 5.56 Å². The summed E-state index contributed by atoms with van der Waals surface area (Å²) in [5.74, 6) is -0.601. The Bertz CT molecular complexity index is 861. The van der Waals surface area contributed by atoms with Crippen LogP contribution >= 0.6 is 0 Å². The summed E-state index contributed by atoms with van der Waals surface area (Å²) in [7, 11) is 0. The van der Waals surface area contributed by atoms with Crippen molar-refractivity contribution in [1.29, 1.82) is 0 Å². The third-order valence-corrected chi connectivity index (χ3v) is 3.85. The molecule has 1 saturated heterocycles. The van der Waals surface area contributed by atoms with Gasteiger partial charge in [-0.2, -0.15) is 0 Å². The van der Waals surface area contributed by atoms with E-state index < -0.39 is 41.8 Å². The highest BCUT2D eigenvalue weighted by molar-refractivity contribution is 5.89. The average Bonchev–Trinajstić information content (AvgIpc) is 2.89. The van der Waals surface area contributed by atoms with Crippen LogP contribution in [0.5, 0.6) is 0 Å². The van der Waals surface area contributed by atoms with Gasteiger partial charge in [0.05, 0.1) is 5.56 Å². The number of carbonyl (C=O) groups excluding carboxylic acids is 1. The smallest absolute Gasteiger partial charge is 0.338 e. The first-order valence-electron chi connectivity index (χ1n) is 7.52. The number of hydrogen-bond acceptors (Lipinski definition) is 7. The van der Waals surface area contributed by atoms with Gasteiger partial charge in [-0.25, -0.2) is 9.59 Å². The minimum Gasteiger partial charge on any atom is -0.459 e. The lowest BCUT2D eigenvalue weighted by Crippen LogP contribution is -2.37. The lowest BCUT2D eigenvalue weighted by molar-refractivity contribution is -0.0599. The second kappa shape index (κ2) is 7.01. The number of aliphatic hydroxyl groups excluding tert-OH is 2. The lowest BCUT2D eigenvalue weighted by Gasteiger charge is -2.16. The average molecular weight is 348 g/mol. The predicted octanol–water partition coefficient (Wildman–Crippen LogP) is -0.987. The largest absolute Gasteiger partial charge is 0.459 e. The SMILES string of the molecule is O=C(OC[C@@H]1O[C@H](n2ccc(=O)[nH]c2=O)C(O)C1O)c1ccccc1. The van der Waals surface area contributed by atoms with Gasteiger partial charge < -0.3 is 19.7 Å². The summed E-state index contributed by atoms with van der Waals surface area (Å²) < 4.78 is 11.5. The molecule has 9 nitrogen and oxygen atoms in total. The van der Waals surface area contributed by atoms with Crippen LogP contribution in [0.15, 0.2) is 52.2 Å². The van der Waals surface area contributed by atoms with Crippen molar-refractivity contribution < 1.29 is 24.5 Å². The fraction of sp³-hybridized carbons (Fsp3) is 0.312. The Morgan fingerprint density at radius 1 is 1.16 bits per heavy atom. The van der Waals surface area contributed by atoms with E-state index in [0.717, 1.165) is 16.8 Å². The Morgan fingerprint density at radius 3 is 2.56 bits per heavy atom. The first kappa shape index (κ1) is 17.1. The molecule has 4 atom stereocenters. The summed E-state index contributed by atoms with van der Waals surface area (Å²) in [4.78, 5) is 36.8. The summed E-state index contributed by atoms with van der Waals surface area (Å²) in [6.07, 6.45) is -3.87. The summed E-state index contributed by atoms with van der Waals surface area (Å²) in [6, 6.07) is 9.35. The van der Waals surface area contributed by atoms with Crippen LogP contribution in [0.2, 0.25) is 0 Å². The van der Waals surface area contributed by atoms with Crippen LogP contribution in [0.3, 0.4) is 0 Å². The fourth-order valence-corrected chi connectivity index (χ4v) is 2.54. The molecule has 0 saturated carbocycles. The van der Waals surface area contributed by atoms with E-state index in [1.807, 2.05) is 4.98 Å². The van der Waals surface area contributed by atoms with Gasteiger partial charge in [0.25, 0.3) is 5.56 Å². The highest BCUT2D eigenvalue weighted by Crippen LogP contribution is 2.28. The first-order valence-corrected chi connectivity index (χ1v) is 7.52. The maximum atomic E-state index is 11.9. The highest BCUT2D eigenvalue weighted by Gasteiger charge is 2.44. The molecular weight excluding hydrogens is 332 g/mol. The normalized spacial score (nSPS) is 25.7. The van der Waals surface area contributed by atoms with E-state index >= 15 is 0 Å². The molecule has 0 amide bonds. The summed E-state index contributed by atoms with van der Waals surface area (Å²) in [6.45, 7) is -0.305. The van der Waals surface area contributed by atoms with E-state index in [9.17, 15) is 24.6 Å². The molecule has 0 aliphatic carbocycles. The van der Waals surface area contributed by atoms with Gasteiger partial charge in [-0.15, -0.1) is 0 Å². The van der Waals surface area contributed by atoms with Gasteiger partial charge in [-0.3, -0.25) is 14.3 Å². The molecule has 25 heavy (non-hydrogen) atoms. The molecule has 1 aromatic heterocycles. The zero-order chi connectivity index (χ0) is 18.0. The van der Waals surface area contributed by atoms with Crippen molar-refractivity contribution in [3.05, 3.63) is 69.0 Å². The van der Waals surface area contributed by atoms with Crippen molar-refractivity contribution in [2.24, 2.45) is 0 Å². The van der Waals surface area contributed by atoms with E-state index in [-0.39, 0.29) is 6.61 Å². The number of hydrogen-bond donors (Lipinski definition) is 3. The van der Waals surface area contributed by atoms with E-state index in [4.69, 9.17) is 9.47 Å². The van der Waals surface area contributed by atoms with Crippen molar-refractivity contribution in [1.82, 2.24) is 9.55 Å². The topological polar surface area (TPSA) is 131 Å². The summed E-state index contributed by atoms with van der Waals surface area (Å²) >= 11 is 0. The number of aromatic amines is 1. The number of ether oxygens (including phenoxy) is 2. The van der Waals surface area contributed by atoms with E-state index in [2.05, 4.69) is 0 Å². The quantitative estimate of drug-likeness (QED) is 0.605. The number of carbonyl (C=O) groups is 1. The van der Waals surface area contributed by atoms with E-state index in [1.165, 1.54) is 0 Å². The molecule has 2 heterocycles. The van der Waals surface area contributed by atoms with Crippen molar-refractivity contribution in [2.75, 3.05) is 6.61 Å². The fourth-order valence-electron chi connectivity index (χ4n) is 2.54. The number of aliphatic hydroxyl groups is 2. The number of rotatable bonds is 4. The molecule has 2 aromatic rings. The molecule has 1 aliphatic rings. The Morgan fingerprint density at radius 2 is 1.88 bits per heavy atom. The molecule has 1 aliphatic heterocycles. The van der Waals surface area contributed by atoms with Crippen molar-refractivity contribution in [3.8, 4) is 0 Å². The van der Waals surface area contributed by atoms with Gasteiger partial charge in [0, 0.05) is 12.3 Å². The van der Waals surface area contributed by atoms with Crippen LogP contribution < -0.4 is 11.2 Å². The van der Waals surface area contributed by atoms with Crippen LogP contribution in [0.25, 0.3) is 0 Å². The maximum Gasteiger partial charge on any atom is 0.338 e. The third-order valence-electron chi connectivity index (χ3n) is 3.85. The molecule has 0 spiro atoms. The molecule has 3 rings (SSSR count). The Hall–Kier alpha value is -2.75. The molecular formula is C16H16N2O7. The molecule has 1 fully saturated rings. The molecule has 0 bridgehead atoms.